The minimum absolute atomic E-state index is 0.0269. The number of thiophene rings is 1. The first kappa shape index (κ1) is 16.5. The number of amides is 3. The maximum atomic E-state index is 12.7. The molecule has 24 heavy (non-hydrogen) atoms. The van der Waals surface area contributed by atoms with E-state index in [9.17, 15) is 9.59 Å². The van der Waals surface area contributed by atoms with Crippen LogP contribution in [0.25, 0.3) is 0 Å². The van der Waals surface area contributed by atoms with Gasteiger partial charge in [-0.05, 0) is 30.4 Å². The van der Waals surface area contributed by atoms with Gasteiger partial charge in [-0.15, -0.1) is 11.3 Å². The summed E-state index contributed by atoms with van der Waals surface area (Å²) in [6.07, 6.45) is 5.87. The van der Waals surface area contributed by atoms with Crippen molar-refractivity contribution in [3.63, 3.8) is 0 Å². The Morgan fingerprint density at radius 3 is 3.00 bits per heavy atom. The summed E-state index contributed by atoms with van der Waals surface area (Å²) in [5.74, 6) is 0.0269. The second-order valence-corrected chi connectivity index (χ2v) is 6.88. The van der Waals surface area contributed by atoms with Crippen molar-refractivity contribution in [2.45, 2.75) is 31.3 Å². The Morgan fingerprint density at radius 2 is 2.33 bits per heavy atom. The van der Waals surface area contributed by atoms with Gasteiger partial charge in [-0.25, -0.2) is 4.79 Å². The number of aromatic nitrogens is 2. The molecule has 0 spiro atoms. The predicted octanol–water partition coefficient (Wildman–Crippen LogP) is 1.91. The van der Waals surface area contributed by atoms with Gasteiger partial charge in [0.2, 0.25) is 5.91 Å². The molecule has 1 fully saturated rings. The summed E-state index contributed by atoms with van der Waals surface area (Å²) >= 11 is 1.51. The summed E-state index contributed by atoms with van der Waals surface area (Å²) in [6.45, 7) is 1.39. The fraction of sp³-hybridized carbons (Fsp3) is 0.438. The number of urea groups is 1. The Hall–Kier alpha value is -2.35. The second-order valence-electron chi connectivity index (χ2n) is 5.90. The van der Waals surface area contributed by atoms with Crippen LogP contribution < -0.4 is 11.1 Å². The minimum Gasteiger partial charge on any atom is -0.352 e. The number of nitrogens with one attached hydrogen (secondary N) is 1. The lowest BCUT2D eigenvalue weighted by Gasteiger charge is -2.33. The van der Waals surface area contributed by atoms with Gasteiger partial charge >= 0.3 is 6.03 Å². The number of hydrogen-bond acceptors (Lipinski definition) is 4. The fourth-order valence-electron chi connectivity index (χ4n) is 3.08. The number of piperidine rings is 1. The molecule has 1 aliphatic rings. The van der Waals surface area contributed by atoms with Gasteiger partial charge in [0.15, 0.2) is 0 Å². The number of carbonyl (C=O) groups excluding carboxylic acids is 2. The molecule has 0 aliphatic carbocycles. The minimum atomic E-state index is -0.616. The molecule has 0 bridgehead atoms. The molecule has 2 atom stereocenters. The van der Waals surface area contributed by atoms with Crippen LogP contribution in [0.5, 0.6) is 0 Å². The van der Waals surface area contributed by atoms with E-state index < -0.39 is 6.03 Å². The van der Waals surface area contributed by atoms with Crippen molar-refractivity contribution in [1.82, 2.24) is 20.0 Å². The number of carbonyl (C=O) groups is 2. The zero-order chi connectivity index (χ0) is 16.9. The lowest BCUT2D eigenvalue weighted by Crippen LogP contribution is -2.43. The standard InChI is InChI=1S/C16H21N5O2S/c17-16(23)19-13(14-5-2-9-24-14)10-15(22)20-7-1-4-12(11-20)21-8-3-6-18-21/h2-3,5-6,8-9,12-13H,1,4,7,10-11H2,(H3,17,19,23)/t12-,13+/m1/s1. The Labute approximate surface area is 144 Å². The van der Waals surface area contributed by atoms with Crippen molar-refractivity contribution in [2.24, 2.45) is 5.73 Å². The van der Waals surface area contributed by atoms with Gasteiger partial charge < -0.3 is 16.0 Å². The van der Waals surface area contributed by atoms with Gasteiger partial charge in [-0.3, -0.25) is 9.48 Å². The van der Waals surface area contributed by atoms with E-state index in [1.54, 1.807) is 6.20 Å². The van der Waals surface area contributed by atoms with Crippen LogP contribution in [-0.2, 0) is 4.79 Å². The molecule has 3 N–H and O–H groups in total. The summed E-state index contributed by atoms with van der Waals surface area (Å²) in [7, 11) is 0. The summed E-state index contributed by atoms with van der Waals surface area (Å²) in [5.41, 5.74) is 5.26. The number of nitrogens with zero attached hydrogens (tertiary/aromatic N) is 3. The average molecular weight is 347 g/mol. The van der Waals surface area contributed by atoms with Gasteiger partial charge in [0.25, 0.3) is 0 Å². The average Bonchev–Trinajstić information content (AvgIpc) is 3.27. The van der Waals surface area contributed by atoms with E-state index in [2.05, 4.69) is 10.4 Å². The first-order valence-electron chi connectivity index (χ1n) is 8.00. The first-order chi connectivity index (χ1) is 11.6. The molecular formula is C16H21N5O2S. The molecule has 2 aromatic heterocycles. The van der Waals surface area contributed by atoms with Crippen molar-refractivity contribution >= 4 is 23.3 Å². The van der Waals surface area contributed by atoms with Gasteiger partial charge in [0, 0.05) is 30.4 Å². The molecule has 1 aliphatic heterocycles. The number of rotatable bonds is 5. The molecule has 3 heterocycles. The molecule has 0 unspecified atom stereocenters. The molecule has 128 valence electrons. The van der Waals surface area contributed by atoms with E-state index in [-0.39, 0.29) is 24.4 Å². The molecule has 2 aromatic rings. The largest absolute Gasteiger partial charge is 0.352 e. The van der Waals surface area contributed by atoms with Crippen LogP contribution in [-0.4, -0.2) is 39.7 Å². The van der Waals surface area contributed by atoms with Crippen molar-refractivity contribution < 1.29 is 9.59 Å². The molecule has 3 rings (SSSR count). The molecule has 7 nitrogen and oxygen atoms in total. The lowest BCUT2D eigenvalue weighted by atomic mass is 10.0. The Bertz CT molecular complexity index is 671. The van der Waals surface area contributed by atoms with Crippen LogP contribution >= 0.6 is 11.3 Å². The quantitative estimate of drug-likeness (QED) is 0.865. The van der Waals surface area contributed by atoms with Crippen LogP contribution in [0.4, 0.5) is 4.79 Å². The third kappa shape index (κ3) is 3.94. The summed E-state index contributed by atoms with van der Waals surface area (Å²) in [5, 5.41) is 8.88. The highest BCUT2D eigenvalue weighted by molar-refractivity contribution is 7.10. The Kier molecular flexibility index (Phi) is 5.14. The molecule has 0 radical (unpaired) electrons. The Balaban J connectivity index is 1.65. The van der Waals surface area contributed by atoms with Crippen molar-refractivity contribution in [2.75, 3.05) is 13.1 Å². The van der Waals surface area contributed by atoms with Gasteiger partial charge in [0.1, 0.15) is 0 Å². The number of hydrogen-bond donors (Lipinski definition) is 2. The van der Waals surface area contributed by atoms with Crippen LogP contribution in [0, 0.1) is 0 Å². The third-order valence-electron chi connectivity index (χ3n) is 4.23. The van der Waals surface area contributed by atoms with Crippen LogP contribution in [0.2, 0.25) is 0 Å². The number of primary amides is 1. The topological polar surface area (TPSA) is 93.2 Å². The number of likely N-dealkylation sites (tertiary alicyclic amines) is 1. The predicted molar refractivity (Wildman–Crippen MR) is 91.5 cm³/mol. The lowest BCUT2D eigenvalue weighted by molar-refractivity contribution is -0.133. The SMILES string of the molecule is NC(=O)N[C@@H](CC(=O)N1CCC[C@@H](n2cccn2)C1)c1cccs1. The van der Waals surface area contributed by atoms with Crippen LogP contribution in [0.3, 0.4) is 0 Å². The Morgan fingerprint density at radius 1 is 1.46 bits per heavy atom. The van der Waals surface area contributed by atoms with Crippen molar-refractivity contribution in [1.29, 1.82) is 0 Å². The normalized spacial score (nSPS) is 19.0. The molecular weight excluding hydrogens is 326 g/mol. The van der Waals surface area contributed by atoms with Crippen LogP contribution in [0.1, 0.15) is 36.2 Å². The zero-order valence-corrected chi connectivity index (χ0v) is 14.1. The van der Waals surface area contributed by atoms with E-state index in [0.29, 0.717) is 6.54 Å². The molecule has 0 aromatic carbocycles. The molecule has 1 saturated heterocycles. The highest BCUT2D eigenvalue weighted by atomic mass is 32.1. The second kappa shape index (κ2) is 7.48. The van der Waals surface area contributed by atoms with E-state index in [1.807, 2.05) is 39.4 Å². The smallest absolute Gasteiger partial charge is 0.312 e. The highest BCUT2D eigenvalue weighted by Crippen LogP contribution is 2.25. The molecule has 3 amide bonds. The van der Waals surface area contributed by atoms with Gasteiger partial charge in [0.05, 0.1) is 18.5 Å². The summed E-state index contributed by atoms with van der Waals surface area (Å²) in [4.78, 5) is 26.8. The van der Waals surface area contributed by atoms with Crippen molar-refractivity contribution in [3.05, 3.63) is 40.8 Å². The monoisotopic (exact) mass is 347 g/mol. The van der Waals surface area contributed by atoms with E-state index in [0.717, 1.165) is 24.3 Å². The maximum Gasteiger partial charge on any atom is 0.312 e. The maximum absolute atomic E-state index is 12.7. The van der Waals surface area contributed by atoms with E-state index in [4.69, 9.17) is 5.73 Å². The zero-order valence-electron chi connectivity index (χ0n) is 13.3. The third-order valence-corrected chi connectivity index (χ3v) is 5.22. The first-order valence-corrected chi connectivity index (χ1v) is 8.87. The van der Waals surface area contributed by atoms with E-state index >= 15 is 0 Å². The highest BCUT2D eigenvalue weighted by Gasteiger charge is 2.27. The van der Waals surface area contributed by atoms with Crippen LogP contribution in [0.15, 0.2) is 36.0 Å². The number of nitrogens with two attached hydrogens (primary N) is 1. The van der Waals surface area contributed by atoms with Gasteiger partial charge in [-0.1, -0.05) is 6.07 Å². The fourth-order valence-corrected chi connectivity index (χ4v) is 3.86. The molecule has 0 saturated carbocycles. The van der Waals surface area contributed by atoms with Gasteiger partial charge in [-0.2, -0.15) is 5.10 Å². The summed E-state index contributed by atoms with van der Waals surface area (Å²) in [6, 6.07) is 4.91. The molecule has 8 heteroatoms. The summed E-state index contributed by atoms with van der Waals surface area (Å²) < 4.78 is 1.91. The van der Waals surface area contributed by atoms with E-state index in [1.165, 1.54) is 11.3 Å². The van der Waals surface area contributed by atoms with Crippen molar-refractivity contribution in [3.8, 4) is 0 Å².